The minimum Gasteiger partial charge on any atom is -0.384 e. The van der Waals surface area contributed by atoms with E-state index in [9.17, 15) is 4.79 Å². The van der Waals surface area contributed by atoms with Gasteiger partial charge < -0.3 is 10.6 Å². The minimum absolute atomic E-state index is 0.0369. The summed E-state index contributed by atoms with van der Waals surface area (Å²) in [6.45, 7) is 7.43. The van der Waals surface area contributed by atoms with Crippen LogP contribution in [0.15, 0.2) is 18.3 Å². The predicted octanol–water partition coefficient (Wildman–Crippen LogP) is 3.67. The van der Waals surface area contributed by atoms with Gasteiger partial charge in [0.2, 0.25) is 5.91 Å². The zero-order valence-electron chi connectivity index (χ0n) is 12.2. The van der Waals surface area contributed by atoms with Crippen LogP contribution in [0.2, 0.25) is 0 Å². The summed E-state index contributed by atoms with van der Waals surface area (Å²) in [6, 6.07) is 3.78. The maximum Gasteiger partial charge on any atom is 0.225 e. The molecule has 0 atom stereocenters. The van der Waals surface area contributed by atoms with Gasteiger partial charge in [-0.2, -0.15) is 0 Å². The fourth-order valence-corrected chi connectivity index (χ4v) is 1.62. The van der Waals surface area contributed by atoms with E-state index in [1.165, 1.54) is 0 Å². The highest BCUT2D eigenvalue weighted by atomic mass is 16.1. The van der Waals surface area contributed by atoms with Crippen molar-refractivity contribution >= 4 is 17.4 Å². The molecule has 19 heavy (non-hydrogen) atoms. The lowest BCUT2D eigenvalue weighted by Crippen LogP contribution is -2.12. The summed E-state index contributed by atoms with van der Waals surface area (Å²) in [5.41, 5.74) is 0.993. The molecule has 0 saturated carbocycles. The van der Waals surface area contributed by atoms with Gasteiger partial charge in [-0.15, -0.1) is 0 Å². The molecular weight excluding hydrogens is 238 g/mol. The van der Waals surface area contributed by atoms with Gasteiger partial charge in [0.05, 0.1) is 11.9 Å². The third kappa shape index (κ3) is 6.79. The van der Waals surface area contributed by atoms with E-state index >= 15 is 0 Å². The Morgan fingerprint density at radius 2 is 2.16 bits per heavy atom. The largest absolute Gasteiger partial charge is 0.384 e. The number of hydrogen-bond acceptors (Lipinski definition) is 3. The van der Waals surface area contributed by atoms with Crippen molar-refractivity contribution in [1.82, 2.24) is 4.98 Å². The van der Waals surface area contributed by atoms with Gasteiger partial charge in [-0.1, -0.05) is 27.2 Å². The summed E-state index contributed by atoms with van der Waals surface area (Å²) < 4.78 is 0. The van der Waals surface area contributed by atoms with Crippen molar-refractivity contribution in [2.75, 3.05) is 17.2 Å². The average molecular weight is 263 g/mol. The molecule has 0 saturated heterocycles. The molecule has 0 fully saturated rings. The van der Waals surface area contributed by atoms with Crippen LogP contribution in [-0.2, 0) is 4.79 Å². The van der Waals surface area contributed by atoms with Crippen molar-refractivity contribution in [3.8, 4) is 0 Å². The zero-order valence-corrected chi connectivity index (χ0v) is 12.2. The molecule has 0 bridgehead atoms. The van der Waals surface area contributed by atoms with Crippen molar-refractivity contribution in [2.24, 2.45) is 5.92 Å². The Morgan fingerprint density at radius 3 is 2.74 bits per heavy atom. The van der Waals surface area contributed by atoms with E-state index in [1.807, 2.05) is 12.1 Å². The quantitative estimate of drug-likeness (QED) is 0.752. The molecule has 1 rings (SSSR count). The van der Waals surface area contributed by atoms with Crippen LogP contribution in [0.1, 0.15) is 46.5 Å². The lowest BCUT2D eigenvalue weighted by atomic mass is 10.1. The van der Waals surface area contributed by atoms with Crippen LogP contribution in [0.4, 0.5) is 11.5 Å². The molecule has 106 valence electrons. The molecule has 0 aliphatic heterocycles. The van der Waals surface area contributed by atoms with E-state index in [-0.39, 0.29) is 5.91 Å². The number of aromatic nitrogens is 1. The summed E-state index contributed by atoms with van der Waals surface area (Å²) >= 11 is 0. The second-order valence-electron chi connectivity index (χ2n) is 5.19. The van der Waals surface area contributed by atoms with Crippen molar-refractivity contribution in [3.05, 3.63) is 18.3 Å². The number of carbonyl (C=O) groups is 1. The minimum atomic E-state index is 0.0369. The Labute approximate surface area is 116 Å². The topological polar surface area (TPSA) is 54.0 Å². The number of amides is 1. The number of pyridine rings is 1. The lowest BCUT2D eigenvalue weighted by Gasteiger charge is -2.09. The Kier molecular flexibility index (Phi) is 6.93. The predicted molar refractivity (Wildman–Crippen MR) is 80.3 cm³/mol. The smallest absolute Gasteiger partial charge is 0.225 e. The van der Waals surface area contributed by atoms with Gasteiger partial charge in [0, 0.05) is 13.0 Å². The Bertz CT molecular complexity index is 373. The van der Waals surface area contributed by atoms with E-state index in [0.717, 1.165) is 31.5 Å². The van der Waals surface area contributed by atoms with Crippen molar-refractivity contribution in [2.45, 2.75) is 46.5 Å². The third-order valence-electron chi connectivity index (χ3n) is 2.84. The molecule has 0 aliphatic rings. The highest BCUT2D eigenvalue weighted by Gasteiger charge is 2.02. The Morgan fingerprint density at radius 1 is 1.37 bits per heavy atom. The van der Waals surface area contributed by atoms with Gasteiger partial charge in [-0.05, 0) is 30.9 Å². The Balaban J connectivity index is 2.36. The summed E-state index contributed by atoms with van der Waals surface area (Å²) in [4.78, 5) is 15.8. The summed E-state index contributed by atoms with van der Waals surface area (Å²) in [6.07, 6.45) is 5.40. The zero-order chi connectivity index (χ0) is 14.1. The Hall–Kier alpha value is -1.58. The van der Waals surface area contributed by atoms with E-state index in [4.69, 9.17) is 0 Å². The third-order valence-corrected chi connectivity index (χ3v) is 2.84. The van der Waals surface area contributed by atoms with Crippen molar-refractivity contribution < 1.29 is 4.79 Å². The summed E-state index contributed by atoms with van der Waals surface area (Å²) in [5.74, 6) is 1.35. The molecule has 4 heteroatoms. The van der Waals surface area contributed by atoms with Gasteiger partial charge in [0.25, 0.3) is 0 Å². The highest BCUT2D eigenvalue weighted by molar-refractivity contribution is 5.89. The summed E-state index contributed by atoms with van der Waals surface area (Å²) in [5, 5.41) is 6.12. The van der Waals surface area contributed by atoms with Gasteiger partial charge in [0.15, 0.2) is 0 Å². The van der Waals surface area contributed by atoms with Gasteiger partial charge >= 0.3 is 0 Å². The second-order valence-corrected chi connectivity index (χ2v) is 5.19. The van der Waals surface area contributed by atoms with E-state index in [2.05, 4.69) is 36.4 Å². The van der Waals surface area contributed by atoms with E-state index in [0.29, 0.717) is 18.2 Å². The van der Waals surface area contributed by atoms with Crippen molar-refractivity contribution in [1.29, 1.82) is 0 Å². The fraction of sp³-hybridized carbons (Fsp3) is 0.600. The first-order valence-electron chi connectivity index (χ1n) is 7.11. The molecule has 0 aromatic carbocycles. The van der Waals surface area contributed by atoms with Crippen LogP contribution >= 0.6 is 0 Å². The van der Waals surface area contributed by atoms with Crippen LogP contribution in [0, 0.1) is 5.92 Å². The molecule has 1 heterocycles. The number of nitrogens with zero attached hydrogens (tertiary/aromatic N) is 1. The highest BCUT2D eigenvalue weighted by Crippen LogP contribution is 2.11. The molecule has 1 amide bonds. The van der Waals surface area contributed by atoms with Gasteiger partial charge in [0.1, 0.15) is 5.82 Å². The standard InChI is InChI=1S/C15H25N3O/c1-4-5-6-15(19)18-14-8-7-13(11-17-14)16-10-9-12(2)3/h7-8,11-12,16H,4-6,9-10H2,1-3H3,(H,17,18,19). The van der Waals surface area contributed by atoms with Gasteiger partial charge in [-0.25, -0.2) is 4.98 Å². The van der Waals surface area contributed by atoms with Gasteiger partial charge in [-0.3, -0.25) is 4.79 Å². The first kappa shape index (κ1) is 15.5. The molecule has 1 aromatic rings. The van der Waals surface area contributed by atoms with Crippen LogP contribution in [0.3, 0.4) is 0 Å². The van der Waals surface area contributed by atoms with Crippen LogP contribution < -0.4 is 10.6 Å². The first-order valence-corrected chi connectivity index (χ1v) is 7.11. The van der Waals surface area contributed by atoms with Crippen LogP contribution in [-0.4, -0.2) is 17.4 Å². The number of unbranched alkanes of at least 4 members (excludes halogenated alkanes) is 1. The molecular formula is C15H25N3O. The first-order chi connectivity index (χ1) is 9.11. The number of rotatable bonds is 8. The molecule has 0 spiro atoms. The SMILES string of the molecule is CCCCC(=O)Nc1ccc(NCCC(C)C)cn1. The number of anilines is 2. The van der Waals surface area contributed by atoms with Crippen LogP contribution in [0.25, 0.3) is 0 Å². The van der Waals surface area contributed by atoms with E-state index < -0.39 is 0 Å². The van der Waals surface area contributed by atoms with Crippen LogP contribution in [0.5, 0.6) is 0 Å². The van der Waals surface area contributed by atoms with E-state index in [1.54, 1.807) is 6.20 Å². The number of nitrogens with one attached hydrogen (secondary N) is 2. The molecule has 4 nitrogen and oxygen atoms in total. The maximum absolute atomic E-state index is 11.5. The monoisotopic (exact) mass is 263 g/mol. The number of hydrogen-bond donors (Lipinski definition) is 2. The molecule has 1 aromatic heterocycles. The fourth-order valence-electron chi connectivity index (χ4n) is 1.62. The molecule has 0 aliphatic carbocycles. The molecule has 2 N–H and O–H groups in total. The lowest BCUT2D eigenvalue weighted by molar-refractivity contribution is -0.116. The summed E-state index contributed by atoms with van der Waals surface area (Å²) in [7, 11) is 0. The second kappa shape index (κ2) is 8.51. The normalized spacial score (nSPS) is 10.5. The maximum atomic E-state index is 11.5. The van der Waals surface area contributed by atoms with Crippen molar-refractivity contribution in [3.63, 3.8) is 0 Å². The molecule has 0 radical (unpaired) electrons. The number of carbonyl (C=O) groups excluding carboxylic acids is 1. The average Bonchev–Trinajstić information content (AvgIpc) is 2.38. The molecule has 0 unspecified atom stereocenters.